The number of ether oxygens (including phenoxy) is 3. The molecule has 3 aromatic carbocycles. The molecule has 9 heteroatoms. The lowest BCUT2D eigenvalue weighted by Gasteiger charge is -2.13. The van der Waals surface area contributed by atoms with Crippen molar-refractivity contribution in [2.75, 3.05) is 32.0 Å². The molecule has 0 radical (unpaired) electrons. The monoisotopic (exact) mass is 442 g/mol. The van der Waals surface area contributed by atoms with E-state index in [1.807, 2.05) is 0 Å². The van der Waals surface area contributed by atoms with Gasteiger partial charge in [0, 0.05) is 5.56 Å². The Kier molecular flexibility index (Phi) is 6.89. The van der Waals surface area contributed by atoms with E-state index in [1.165, 1.54) is 75.9 Å². The highest BCUT2D eigenvalue weighted by Crippen LogP contribution is 2.28. The average Bonchev–Trinajstić information content (AvgIpc) is 2.81. The standard InChI is InChI=1S/C23H20F2N2O5/c1-30-17-11-10-13(22(28)26-15-6-4-8-18(31-2)20(15)24)12-14(17)23(29)27-16-7-5-9-19(32-3)21(16)25/h4-12H,1-3H3,(H,26,28)(H,27,29). The van der Waals surface area contributed by atoms with Crippen LogP contribution in [0.25, 0.3) is 0 Å². The summed E-state index contributed by atoms with van der Waals surface area (Å²) in [4.78, 5) is 25.5. The molecule has 3 rings (SSSR count). The fourth-order valence-electron chi connectivity index (χ4n) is 2.94. The van der Waals surface area contributed by atoms with Crippen LogP contribution in [-0.4, -0.2) is 33.1 Å². The van der Waals surface area contributed by atoms with Gasteiger partial charge in [0.25, 0.3) is 11.8 Å². The molecule has 0 heterocycles. The van der Waals surface area contributed by atoms with Crippen LogP contribution < -0.4 is 24.8 Å². The number of carbonyl (C=O) groups is 2. The van der Waals surface area contributed by atoms with Crippen molar-refractivity contribution >= 4 is 23.2 Å². The quantitative estimate of drug-likeness (QED) is 0.563. The zero-order valence-corrected chi connectivity index (χ0v) is 17.5. The maximum Gasteiger partial charge on any atom is 0.259 e. The topological polar surface area (TPSA) is 85.9 Å². The predicted molar refractivity (Wildman–Crippen MR) is 115 cm³/mol. The van der Waals surface area contributed by atoms with Crippen LogP contribution in [0.2, 0.25) is 0 Å². The van der Waals surface area contributed by atoms with E-state index in [0.717, 1.165) is 0 Å². The first kappa shape index (κ1) is 22.5. The average molecular weight is 442 g/mol. The maximum absolute atomic E-state index is 14.4. The minimum Gasteiger partial charge on any atom is -0.496 e. The first-order chi connectivity index (χ1) is 15.4. The van der Waals surface area contributed by atoms with E-state index in [9.17, 15) is 18.4 Å². The molecule has 166 valence electrons. The number of amides is 2. The number of rotatable bonds is 7. The molecule has 0 aromatic heterocycles. The lowest BCUT2D eigenvalue weighted by Crippen LogP contribution is -2.17. The van der Waals surface area contributed by atoms with Gasteiger partial charge >= 0.3 is 0 Å². The molecule has 0 saturated heterocycles. The number of hydrogen-bond donors (Lipinski definition) is 2. The summed E-state index contributed by atoms with van der Waals surface area (Å²) in [5.74, 6) is -2.76. The minimum atomic E-state index is -0.746. The van der Waals surface area contributed by atoms with E-state index in [1.54, 1.807) is 0 Å². The molecule has 32 heavy (non-hydrogen) atoms. The molecule has 0 bridgehead atoms. The summed E-state index contributed by atoms with van der Waals surface area (Å²) in [5, 5.41) is 4.87. The summed E-state index contributed by atoms with van der Waals surface area (Å²) in [6.07, 6.45) is 0. The highest BCUT2D eigenvalue weighted by Gasteiger charge is 2.19. The van der Waals surface area contributed by atoms with Gasteiger partial charge in [0.1, 0.15) is 5.75 Å². The van der Waals surface area contributed by atoms with E-state index >= 15 is 0 Å². The molecule has 0 atom stereocenters. The van der Waals surface area contributed by atoms with Gasteiger partial charge in [-0.3, -0.25) is 9.59 Å². The largest absolute Gasteiger partial charge is 0.496 e. The van der Waals surface area contributed by atoms with Crippen LogP contribution >= 0.6 is 0 Å². The van der Waals surface area contributed by atoms with Crippen molar-refractivity contribution in [3.8, 4) is 17.2 Å². The van der Waals surface area contributed by atoms with Crippen LogP contribution in [0.1, 0.15) is 20.7 Å². The number of nitrogens with one attached hydrogen (secondary N) is 2. The van der Waals surface area contributed by atoms with Gasteiger partial charge in [-0.1, -0.05) is 12.1 Å². The summed E-state index contributed by atoms with van der Waals surface area (Å²) in [6, 6.07) is 12.7. The second-order valence-corrected chi connectivity index (χ2v) is 6.47. The Morgan fingerprint density at radius 3 is 1.69 bits per heavy atom. The first-order valence-corrected chi connectivity index (χ1v) is 9.35. The van der Waals surface area contributed by atoms with E-state index in [4.69, 9.17) is 14.2 Å². The summed E-state index contributed by atoms with van der Waals surface area (Å²) in [5.41, 5.74) is -0.155. The highest BCUT2D eigenvalue weighted by atomic mass is 19.1. The Labute approximate surface area is 182 Å². The van der Waals surface area contributed by atoms with Gasteiger partial charge in [0.05, 0.1) is 38.3 Å². The molecule has 0 saturated carbocycles. The van der Waals surface area contributed by atoms with Crippen LogP contribution in [0.4, 0.5) is 20.2 Å². The van der Waals surface area contributed by atoms with Crippen molar-refractivity contribution in [2.45, 2.75) is 0 Å². The van der Waals surface area contributed by atoms with Crippen LogP contribution in [-0.2, 0) is 0 Å². The number of halogens is 2. The third kappa shape index (κ3) is 4.61. The van der Waals surface area contributed by atoms with Crippen LogP contribution in [0.3, 0.4) is 0 Å². The Bertz CT molecular complexity index is 1170. The van der Waals surface area contributed by atoms with Crippen molar-refractivity contribution in [3.05, 3.63) is 77.4 Å². The number of anilines is 2. The predicted octanol–water partition coefficient (Wildman–Crippen LogP) is 4.50. The number of methoxy groups -OCH3 is 3. The SMILES string of the molecule is COc1ccc(C(=O)Nc2cccc(OC)c2F)cc1C(=O)Nc1cccc(OC)c1F. The van der Waals surface area contributed by atoms with Gasteiger partial charge in [0.15, 0.2) is 23.1 Å². The number of hydrogen-bond acceptors (Lipinski definition) is 5. The number of carbonyl (C=O) groups excluding carboxylic acids is 2. The van der Waals surface area contributed by atoms with Crippen molar-refractivity contribution in [2.24, 2.45) is 0 Å². The Hall–Kier alpha value is -4.14. The zero-order valence-electron chi connectivity index (χ0n) is 17.5. The maximum atomic E-state index is 14.4. The second-order valence-electron chi connectivity index (χ2n) is 6.47. The second kappa shape index (κ2) is 9.78. The van der Waals surface area contributed by atoms with E-state index < -0.39 is 23.4 Å². The summed E-state index contributed by atoms with van der Waals surface area (Å²) < 4.78 is 43.8. The van der Waals surface area contributed by atoms with E-state index in [-0.39, 0.29) is 39.8 Å². The lowest BCUT2D eigenvalue weighted by atomic mass is 10.1. The molecule has 3 aromatic rings. The molecular formula is C23H20F2N2O5. The first-order valence-electron chi connectivity index (χ1n) is 9.35. The third-order valence-electron chi connectivity index (χ3n) is 4.57. The fraction of sp³-hybridized carbons (Fsp3) is 0.130. The molecule has 2 N–H and O–H groups in total. The van der Waals surface area contributed by atoms with Crippen molar-refractivity contribution in [1.82, 2.24) is 0 Å². The fourth-order valence-corrected chi connectivity index (χ4v) is 2.94. The zero-order chi connectivity index (χ0) is 23.3. The molecule has 0 unspecified atom stereocenters. The Balaban J connectivity index is 1.88. The van der Waals surface area contributed by atoms with Gasteiger partial charge in [-0.2, -0.15) is 0 Å². The van der Waals surface area contributed by atoms with Crippen molar-refractivity contribution in [3.63, 3.8) is 0 Å². The van der Waals surface area contributed by atoms with Crippen molar-refractivity contribution < 1.29 is 32.6 Å². The molecule has 0 aliphatic rings. The van der Waals surface area contributed by atoms with Gasteiger partial charge in [0.2, 0.25) is 0 Å². The van der Waals surface area contributed by atoms with Crippen LogP contribution in [0.5, 0.6) is 17.2 Å². The molecule has 7 nitrogen and oxygen atoms in total. The third-order valence-corrected chi connectivity index (χ3v) is 4.57. The summed E-state index contributed by atoms with van der Waals surface area (Å²) in [6.45, 7) is 0. The summed E-state index contributed by atoms with van der Waals surface area (Å²) in [7, 11) is 3.97. The Morgan fingerprint density at radius 1 is 0.688 bits per heavy atom. The van der Waals surface area contributed by atoms with Gasteiger partial charge in [-0.15, -0.1) is 0 Å². The van der Waals surface area contributed by atoms with E-state index in [0.29, 0.717) is 0 Å². The molecule has 0 aliphatic carbocycles. The minimum absolute atomic E-state index is 0.0199. The van der Waals surface area contributed by atoms with Gasteiger partial charge < -0.3 is 24.8 Å². The van der Waals surface area contributed by atoms with Gasteiger partial charge in [-0.05, 0) is 42.5 Å². The molecule has 0 spiro atoms. The lowest BCUT2D eigenvalue weighted by molar-refractivity contribution is 0.102. The molecule has 0 fully saturated rings. The Morgan fingerprint density at radius 2 is 1.19 bits per heavy atom. The van der Waals surface area contributed by atoms with E-state index in [2.05, 4.69) is 10.6 Å². The van der Waals surface area contributed by atoms with Crippen LogP contribution in [0.15, 0.2) is 54.6 Å². The van der Waals surface area contributed by atoms with Gasteiger partial charge in [-0.25, -0.2) is 8.78 Å². The molecule has 2 amide bonds. The summed E-state index contributed by atoms with van der Waals surface area (Å²) >= 11 is 0. The van der Waals surface area contributed by atoms with Crippen molar-refractivity contribution in [1.29, 1.82) is 0 Å². The normalized spacial score (nSPS) is 10.3. The smallest absolute Gasteiger partial charge is 0.259 e. The molecule has 0 aliphatic heterocycles. The molecular weight excluding hydrogens is 422 g/mol. The highest BCUT2D eigenvalue weighted by molar-refractivity contribution is 6.10. The number of benzene rings is 3. The van der Waals surface area contributed by atoms with Crippen LogP contribution in [0, 0.1) is 11.6 Å².